The summed E-state index contributed by atoms with van der Waals surface area (Å²) in [6.07, 6.45) is 1.16. The molecular weight excluding hydrogens is 610 g/mol. The second-order valence-electron chi connectivity index (χ2n) is 12.8. The van der Waals surface area contributed by atoms with Gasteiger partial charge in [-0.1, -0.05) is 66.7 Å². The fourth-order valence-corrected chi connectivity index (χ4v) is 6.86. The molecule has 5 rings (SSSR count). The van der Waals surface area contributed by atoms with Crippen LogP contribution in [0.3, 0.4) is 0 Å². The van der Waals surface area contributed by atoms with Crippen LogP contribution in [0.2, 0.25) is 0 Å². The molecular formula is C39H47NO6S. The SMILES string of the molecule is COc1cc(COC2CN(C(=O)OC(C)(C)C)CCC2c2ccc(OCCCSCc3ccccc3)cc2)c(OC)c2ccccc12. The third kappa shape index (κ3) is 9.36. The fraction of sp³-hybridized carbons (Fsp3) is 0.410. The van der Waals surface area contributed by atoms with Gasteiger partial charge in [0.05, 0.1) is 40.1 Å². The number of fused-ring (bicyclic) bond motifs is 1. The monoisotopic (exact) mass is 657 g/mol. The number of nitrogens with zero attached hydrogens (tertiary/aromatic N) is 1. The number of carbonyl (C=O) groups is 1. The summed E-state index contributed by atoms with van der Waals surface area (Å²) in [7, 11) is 3.35. The van der Waals surface area contributed by atoms with Crippen LogP contribution in [0.15, 0.2) is 84.9 Å². The Balaban J connectivity index is 1.25. The quantitative estimate of drug-likeness (QED) is 0.133. The first-order valence-electron chi connectivity index (χ1n) is 16.3. The first-order valence-corrected chi connectivity index (χ1v) is 17.5. The lowest BCUT2D eigenvalue weighted by molar-refractivity contribution is -0.0363. The number of benzene rings is 4. The van der Waals surface area contributed by atoms with Crippen LogP contribution < -0.4 is 14.2 Å². The molecule has 250 valence electrons. The van der Waals surface area contributed by atoms with E-state index in [9.17, 15) is 4.79 Å². The van der Waals surface area contributed by atoms with Gasteiger partial charge < -0.3 is 28.6 Å². The molecule has 0 N–H and O–H groups in total. The smallest absolute Gasteiger partial charge is 0.410 e. The van der Waals surface area contributed by atoms with Gasteiger partial charge in [0.15, 0.2) is 0 Å². The van der Waals surface area contributed by atoms with Gasteiger partial charge >= 0.3 is 6.09 Å². The second-order valence-corrected chi connectivity index (χ2v) is 13.9. The van der Waals surface area contributed by atoms with Crippen molar-refractivity contribution in [3.8, 4) is 17.2 Å². The van der Waals surface area contributed by atoms with Gasteiger partial charge in [0.25, 0.3) is 0 Å². The molecule has 1 amide bonds. The van der Waals surface area contributed by atoms with Crippen LogP contribution in [0.1, 0.15) is 56.2 Å². The number of likely N-dealkylation sites (tertiary alicyclic amines) is 1. The zero-order valence-corrected chi connectivity index (χ0v) is 29.0. The highest BCUT2D eigenvalue weighted by Crippen LogP contribution is 2.38. The minimum Gasteiger partial charge on any atom is -0.496 e. The number of amides is 1. The van der Waals surface area contributed by atoms with Crippen molar-refractivity contribution in [3.63, 3.8) is 0 Å². The first-order chi connectivity index (χ1) is 22.8. The Morgan fingerprint density at radius 1 is 0.915 bits per heavy atom. The van der Waals surface area contributed by atoms with E-state index >= 15 is 0 Å². The van der Waals surface area contributed by atoms with Crippen molar-refractivity contribution >= 4 is 28.6 Å². The van der Waals surface area contributed by atoms with E-state index in [1.165, 1.54) is 5.56 Å². The van der Waals surface area contributed by atoms with Gasteiger partial charge in [-0.15, -0.1) is 0 Å². The third-order valence-electron chi connectivity index (χ3n) is 8.24. The third-order valence-corrected chi connectivity index (χ3v) is 9.36. The minimum atomic E-state index is -0.574. The van der Waals surface area contributed by atoms with E-state index in [-0.39, 0.29) is 18.1 Å². The summed E-state index contributed by atoms with van der Waals surface area (Å²) in [5, 5.41) is 1.95. The van der Waals surface area contributed by atoms with Crippen molar-refractivity contribution in [2.24, 2.45) is 0 Å². The Kier molecular flexibility index (Phi) is 11.9. The maximum Gasteiger partial charge on any atom is 0.410 e. The molecule has 2 atom stereocenters. The summed E-state index contributed by atoms with van der Waals surface area (Å²) in [4.78, 5) is 14.8. The van der Waals surface area contributed by atoms with Crippen LogP contribution in [0.25, 0.3) is 10.8 Å². The Labute approximate surface area is 283 Å². The summed E-state index contributed by atoms with van der Waals surface area (Å²) in [6, 6.07) is 28.9. The normalized spacial score (nSPS) is 16.6. The Morgan fingerprint density at radius 3 is 2.34 bits per heavy atom. The van der Waals surface area contributed by atoms with Gasteiger partial charge in [-0.3, -0.25) is 0 Å². The molecule has 1 aliphatic rings. The van der Waals surface area contributed by atoms with Gasteiger partial charge in [0.2, 0.25) is 0 Å². The number of thioether (sulfide) groups is 1. The average molecular weight is 658 g/mol. The van der Waals surface area contributed by atoms with E-state index in [2.05, 4.69) is 42.5 Å². The molecule has 7 nitrogen and oxygen atoms in total. The summed E-state index contributed by atoms with van der Waals surface area (Å²) in [5.74, 6) is 4.55. The zero-order chi connectivity index (χ0) is 33.2. The van der Waals surface area contributed by atoms with E-state index in [4.69, 9.17) is 23.7 Å². The molecule has 2 unspecified atom stereocenters. The Morgan fingerprint density at radius 2 is 1.64 bits per heavy atom. The number of ether oxygens (including phenoxy) is 5. The molecule has 0 spiro atoms. The van der Waals surface area contributed by atoms with Crippen molar-refractivity contribution in [2.75, 3.05) is 39.7 Å². The number of carbonyl (C=O) groups excluding carboxylic acids is 1. The zero-order valence-electron chi connectivity index (χ0n) is 28.2. The lowest BCUT2D eigenvalue weighted by Gasteiger charge is -2.39. The van der Waals surface area contributed by atoms with Crippen LogP contribution in [-0.4, -0.2) is 62.4 Å². The maximum atomic E-state index is 13.1. The number of hydrogen-bond donors (Lipinski definition) is 0. The average Bonchev–Trinajstić information content (AvgIpc) is 3.08. The maximum absolute atomic E-state index is 13.1. The topological polar surface area (TPSA) is 66.5 Å². The lowest BCUT2D eigenvalue weighted by Crippen LogP contribution is -2.48. The largest absolute Gasteiger partial charge is 0.496 e. The van der Waals surface area contributed by atoms with Gasteiger partial charge in [0, 0.05) is 34.6 Å². The molecule has 4 aromatic rings. The molecule has 0 aliphatic carbocycles. The highest BCUT2D eigenvalue weighted by Gasteiger charge is 2.35. The molecule has 8 heteroatoms. The number of rotatable bonds is 13. The molecule has 0 aromatic heterocycles. The first kappa shape index (κ1) is 34.5. The van der Waals surface area contributed by atoms with Gasteiger partial charge in [-0.05, 0) is 68.7 Å². The second kappa shape index (κ2) is 16.3. The molecule has 1 heterocycles. The molecule has 0 radical (unpaired) electrons. The van der Waals surface area contributed by atoms with E-state index in [1.54, 1.807) is 19.1 Å². The van der Waals surface area contributed by atoms with Crippen LogP contribution in [0.5, 0.6) is 17.2 Å². The predicted octanol–water partition coefficient (Wildman–Crippen LogP) is 8.87. The van der Waals surface area contributed by atoms with Crippen molar-refractivity contribution in [3.05, 3.63) is 102 Å². The summed E-state index contributed by atoms with van der Waals surface area (Å²) < 4.78 is 30.1. The number of hydrogen-bond acceptors (Lipinski definition) is 7. The molecule has 47 heavy (non-hydrogen) atoms. The number of methoxy groups -OCH3 is 2. The summed E-state index contributed by atoms with van der Waals surface area (Å²) >= 11 is 1.93. The molecule has 0 saturated carbocycles. The van der Waals surface area contributed by atoms with E-state index < -0.39 is 5.60 Å². The standard InChI is InChI=1S/C39H47NO6S/c1-39(2,3)46-38(41)40-21-20-32(29-16-18-31(19-17-29)44-22-11-23-47-27-28-12-7-6-8-13-28)36(25-40)45-26-30-24-35(42-4)33-14-9-10-15-34(33)37(30)43-5/h6-10,12-19,24,32,36H,11,20-23,25-27H2,1-5H3. The minimum absolute atomic E-state index is 0.0884. The number of piperidine rings is 1. The molecule has 1 saturated heterocycles. The van der Waals surface area contributed by atoms with Crippen LogP contribution in [-0.2, 0) is 21.8 Å². The van der Waals surface area contributed by atoms with Crippen molar-refractivity contribution in [2.45, 2.75) is 63.6 Å². The predicted molar refractivity (Wildman–Crippen MR) is 190 cm³/mol. The van der Waals surface area contributed by atoms with Crippen LogP contribution >= 0.6 is 11.8 Å². The highest BCUT2D eigenvalue weighted by molar-refractivity contribution is 7.98. The van der Waals surface area contributed by atoms with Gasteiger partial charge in [-0.2, -0.15) is 11.8 Å². The highest BCUT2D eigenvalue weighted by atomic mass is 32.2. The summed E-state index contributed by atoms with van der Waals surface area (Å²) in [5.41, 5.74) is 2.83. The Hall–Kier alpha value is -3.88. The molecule has 0 bridgehead atoms. The van der Waals surface area contributed by atoms with Crippen molar-refractivity contribution in [1.82, 2.24) is 4.90 Å². The van der Waals surface area contributed by atoms with Crippen LogP contribution in [0, 0.1) is 0 Å². The van der Waals surface area contributed by atoms with Gasteiger partial charge in [0.1, 0.15) is 22.8 Å². The van der Waals surface area contributed by atoms with Crippen molar-refractivity contribution in [1.29, 1.82) is 0 Å². The molecule has 1 fully saturated rings. The fourth-order valence-electron chi connectivity index (χ4n) is 5.97. The van der Waals surface area contributed by atoms with Gasteiger partial charge in [-0.25, -0.2) is 4.79 Å². The van der Waals surface area contributed by atoms with E-state index in [0.717, 1.165) is 63.5 Å². The Bertz CT molecular complexity index is 1590. The van der Waals surface area contributed by atoms with E-state index in [0.29, 0.717) is 26.3 Å². The molecule has 1 aliphatic heterocycles. The van der Waals surface area contributed by atoms with E-state index in [1.807, 2.05) is 75.0 Å². The molecule has 4 aromatic carbocycles. The van der Waals surface area contributed by atoms with Crippen molar-refractivity contribution < 1.29 is 28.5 Å². The lowest BCUT2D eigenvalue weighted by atomic mass is 9.87. The van der Waals surface area contributed by atoms with Crippen LogP contribution in [0.4, 0.5) is 4.79 Å². The summed E-state index contributed by atoms with van der Waals surface area (Å²) in [6.45, 7) is 7.65.